The van der Waals surface area contributed by atoms with Crippen molar-refractivity contribution in [2.45, 2.75) is 6.54 Å². The summed E-state index contributed by atoms with van der Waals surface area (Å²) in [5.41, 5.74) is 2.45. The minimum atomic E-state index is -0.128. The van der Waals surface area contributed by atoms with E-state index < -0.39 is 0 Å². The number of nitrogens with zero attached hydrogens (tertiary/aromatic N) is 2. The Hall–Kier alpha value is -2.60. The number of hydrogen-bond acceptors (Lipinski definition) is 3. The lowest BCUT2D eigenvalue weighted by atomic mass is 10.2. The monoisotopic (exact) mass is 383 g/mol. The van der Waals surface area contributed by atoms with Crippen LogP contribution < -0.4 is 10.3 Å². The molecule has 0 bridgehead atoms. The van der Waals surface area contributed by atoms with Gasteiger partial charge in [-0.15, -0.1) is 0 Å². The molecule has 0 amide bonds. The number of methoxy groups -OCH3 is 1. The van der Waals surface area contributed by atoms with E-state index in [0.29, 0.717) is 11.9 Å². The summed E-state index contributed by atoms with van der Waals surface area (Å²) in [6.07, 6.45) is 1.79. The third kappa shape index (κ3) is 2.59. The van der Waals surface area contributed by atoms with E-state index in [0.717, 1.165) is 32.2 Å². The zero-order chi connectivity index (χ0) is 16.7. The zero-order valence-corrected chi connectivity index (χ0v) is 14.5. The van der Waals surface area contributed by atoms with Gasteiger partial charge in [-0.2, -0.15) is 5.10 Å². The normalized spacial score (nSPS) is 11.2. The molecule has 0 aliphatic heterocycles. The summed E-state index contributed by atoms with van der Waals surface area (Å²) in [6.45, 7) is 0.593. The molecular weight excluding hydrogens is 370 g/mol. The average Bonchev–Trinajstić information content (AvgIpc) is 3.00. The first-order valence-corrected chi connectivity index (χ1v) is 8.25. The molecule has 4 aromatic rings. The van der Waals surface area contributed by atoms with Gasteiger partial charge in [0.15, 0.2) is 0 Å². The maximum atomic E-state index is 12.3. The van der Waals surface area contributed by atoms with Crippen LogP contribution in [0.1, 0.15) is 5.56 Å². The second-order valence-electron chi connectivity index (χ2n) is 5.58. The largest absolute Gasteiger partial charge is 0.497 e. The van der Waals surface area contributed by atoms with Gasteiger partial charge >= 0.3 is 0 Å². The van der Waals surface area contributed by atoms with Crippen LogP contribution in [0.5, 0.6) is 5.75 Å². The van der Waals surface area contributed by atoms with Gasteiger partial charge in [-0.3, -0.25) is 9.48 Å². The lowest BCUT2D eigenvalue weighted by Crippen LogP contribution is -2.04. The smallest absolute Gasteiger partial charge is 0.259 e. The van der Waals surface area contributed by atoms with E-state index in [-0.39, 0.29) is 5.56 Å². The predicted molar refractivity (Wildman–Crippen MR) is 97.7 cm³/mol. The van der Waals surface area contributed by atoms with Crippen molar-refractivity contribution in [3.63, 3.8) is 0 Å². The Labute approximate surface area is 146 Å². The highest BCUT2D eigenvalue weighted by Gasteiger charge is 2.10. The fourth-order valence-corrected chi connectivity index (χ4v) is 3.16. The Morgan fingerprint density at radius 1 is 1.17 bits per heavy atom. The molecule has 0 spiro atoms. The van der Waals surface area contributed by atoms with Gasteiger partial charge in [-0.25, -0.2) is 0 Å². The number of nitrogens with one attached hydrogen (secondary N) is 1. The number of aromatic nitrogens is 3. The first kappa shape index (κ1) is 15.0. The van der Waals surface area contributed by atoms with Crippen molar-refractivity contribution in [3.8, 4) is 5.75 Å². The maximum absolute atomic E-state index is 12.3. The summed E-state index contributed by atoms with van der Waals surface area (Å²) >= 11 is 3.42. The van der Waals surface area contributed by atoms with Crippen LogP contribution >= 0.6 is 15.9 Å². The Balaban J connectivity index is 1.81. The van der Waals surface area contributed by atoms with Gasteiger partial charge in [0.25, 0.3) is 5.56 Å². The first-order chi connectivity index (χ1) is 11.6. The standard InChI is InChI=1S/C18H14BrN3O2/c1-24-13-5-2-11(3-6-13)9-22-10-15-17(21-22)14-7-4-12(19)8-16(14)20-18(15)23/h2-8,10H,9H2,1H3,(H,20,23). The van der Waals surface area contributed by atoms with Gasteiger partial charge < -0.3 is 9.72 Å². The van der Waals surface area contributed by atoms with Crippen molar-refractivity contribution < 1.29 is 4.74 Å². The molecule has 2 heterocycles. The number of fused-ring (bicyclic) bond motifs is 3. The molecule has 0 saturated heterocycles. The number of halogens is 1. The third-order valence-corrected chi connectivity index (χ3v) is 4.49. The molecule has 0 saturated carbocycles. The molecule has 0 unspecified atom stereocenters. The van der Waals surface area contributed by atoms with Crippen molar-refractivity contribution >= 4 is 37.7 Å². The van der Waals surface area contributed by atoms with Crippen LogP contribution in [-0.2, 0) is 6.54 Å². The molecule has 2 aromatic carbocycles. The van der Waals surface area contributed by atoms with E-state index in [4.69, 9.17) is 4.74 Å². The fourth-order valence-electron chi connectivity index (χ4n) is 2.80. The maximum Gasteiger partial charge on any atom is 0.259 e. The first-order valence-electron chi connectivity index (χ1n) is 7.46. The van der Waals surface area contributed by atoms with Gasteiger partial charge in [0.05, 0.1) is 24.6 Å². The van der Waals surface area contributed by atoms with Crippen LogP contribution in [0.15, 0.2) is 57.9 Å². The molecule has 0 fully saturated rings. The molecule has 0 radical (unpaired) electrons. The summed E-state index contributed by atoms with van der Waals surface area (Å²) in [5.74, 6) is 0.817. The minimum absolute atomic E-state index is 0.128. The van der Waals surface area contributed by atoms with Gasteiger partial charge in [0.2, 0.25) is 0 Å². The predicted octanol–water partition coefficient (Wildman–Crippen LogP) is 3.70. The summed E-state index contributed by atoms with van der Waals surface area (Å²) < 4.78 is 7.88. The second kappa shape index (κ2) is 5.79. The van der Waals surface area contributed by atoms with E-state index in [1.165, 1.54) is 0 Å². The van der Waals surface area contributed by atoms with Crippen LogP contribution in [0.4, 0.5) is 0 Å². The van der Waals surface area contributed by atoms with Gasteiger partial charge in [0, 0.05) is 16.1 Å². The molecule has 0 aliphatic rings. The van der Waals surface area contributed by atoms with Gasteiger partial charge in [-0.1, -0.05) is 28.1 Å². The van der Waals surface area contributed by atoms with Crippen LogP contribution in [0, 0.1) is 0 Å². The number of aromatic amines is 1. The molecule has 6 heteroatoms. The summed E-state index contributed by atoms with van der Waals surface area (Å²) in [7, 11) is 1.64. The van der Waals surface area contributed by atoms with E-state index in [9.17, 15) is 4.79 Å². The minimum Gasteiger partial charge on any atom is -0.497 e. The number of benzene rings is 2. The molecule has 1 N–H and O–H groups in total. The number of H-pyrrole nitrogens is 1. The Bertz CT molecular complexity index is 1100. The van der Waals surface area contributed by atoms with Crippen molar-refractivity contribution in [1.29, 1.82) is 0 Å². The Morgan fingerprint density at radius 3 is 2.71 bits per heavy atom. The zero-order valence-electron chi connectivity index (χ0n) is 12.9. The van der Waals surface area contributed by atoms with Crippen molar-refractivity contribution in [1.82, 2.24) is 14.8 Å². The highest BCUT2D eigenvalue weighted by Crippen LogP contribution is 2.23. The highest BCUT2D eigenvalue weighted by atomic mass is 79.9. The van der Waals surface area contributed by atoms with E-state index >= 15 is 0 Å². The SMILES string of the molecule is COc1ccc(Cn2cc3c(=O)[nH]c4cc(Br)ccc4c3n2)cc1. The van der Waals surface area contributed by atoms with Crippen molar-refractivity contribution in [3.05, 3.63) is 69.1 Å². The molecule has 0 atom stereocenters. The van der Waals surface area contributed by atoms with E-state index in [1.807, 2.05) is 42.5 Å². The average molecular weight is 384 g/mol. The van der Waals surface area contributed by atoms with Gasteiger partial charge in [0.1, 0.15) is 11.3 Å². The lowest BCUT2D eigenvalue weighted by Gasteiger charge is -2.03. The quantitative estimate of drug-likeness (QED) is 0.586. The Kier molecular flexibility index (Phi) is 3.61. The second-order valence-corrected chi connectivity index (χ2v) is 6.50. The molecule has 2 aromatic heterocycles. The molecule has 4 rings (SSSR count). The summed E-state index contributed by atoms with van der Waals surface area (Å²) in [6, 6.07) is 13.6. The van der Waals surface area contributed by atoms with Crippen molar-refractivity contribution in [2.24, 2.45) is 0 Å². The van der Waals surface area contributed by atoms with Gasteiger partial charge in [-0.05, 0) is 35.9 Å². The van der Waals surface area contributed by atoms with Crippen LogP contribution in [0.3, 0.4) is 0 Å². The number of hydrogen-bond donors (Lipinski definition) is 1. The van der Waals surface area contributed by atoms with Crippen LogP contribution in [-0.4, -0.2) is 21.9 Å². The van der Waals surface area contributed by atoms with E-state index in [2.05, 4.69) is 26.0 Å². The number of rotatable bonds is 3. The molecule has 0 aliphatic carbocycles. The topological polar surface area (TPSA) is 59.9 Å². The Morgan fingerprint density at radius 2 is 1.96 bits per heavy atom. The van der Waals surface area contributed by atoms with Crippen LogP contribution in [0.2, 0.25) is 0 Å². The fraction of sp³-hybridized carbons (Fsp3) is 0.111. The van der Waals surface area contributed by atoms with Crippen LogP contribution in [0.25, 0.3) is 21.8 Å². The summed E-state index contributed by atoms with van der Waals surface area (Å²) in [4.78, 5) is 15.2. The molecular formula is C18H14BrN3O2. The number of pyridine rings is 1. The van der Waals surface area contributed by atoms with Crippen molar-refractivity contribution in [2.75, 3.05) is 7.11 Å². The third-order valence-electron chi connectivity index (χ3n) is 3.99. The highest BCUT2D eigenvalue weighted by molar-refractivity contribution is 9.10. The van der Waals surface area contributed by atoms with E-state index in [1.54, 1.807) is 18.0 Å². The lowest BCUT2D eigenvalue weighted by molar-refractivity contribution is 0.414. The molecule has 120 valence electrons. The summed E-state index contributed by atoms with van der Waals surface area (Å²) in [5, 5.41) is 6.15. The molecule has 5 nitrogen and oxygen atoms in total. The number of ether oxygens (including phenoxy) is 1. The molecule has 24 heavy (non-hydrogen) atoms.